The highest BCUT2D eigenvalue weighted by Gasteiger charge is 2.18. The van der Waals surface area contributed by atoms with Crippen LogP contribution in [0.2, 0.25) is 0 Å². The first kappa shape index (κ1) is 19.7. The molecule has 0 unspecified atom stereocenters. The van der Waals surface area contributed by atoms with Crippen molar-refractivity contribution in [1.82, 2.24) is 20.5 Å². The summed E-state index contributed by atoms with van der Waals surface area (Å²) < 4.78 is 0. The second-order valence-electron chi connectivity index (χ2n) is 5.64. The monoisotopic (exact) mass is 431 g/mol. The van der Waals surface area contributed by atoms with Crippen molar-refractivity contribution in [3.05, 3.63) is 30.1 Å². The Morgan fingerprint density at radius 2 is 2.04 bits per heavy atom. The zero-order chi connectivity index (χ0) is 15.8. The lowest BCUT2D eigenvalue weighted by Gasteiger charge is -2.32. The maximum Gasteiger partial charge on any atom is 0.252 e. The Kier molecular flexibility index (Phi) is 8.90. The molecule has 0 saturated carbocycles. The van der Waals surface area contributed by atoms with Gasteiger partial charge in [0, 0.05) is 45.6 Å². The van der Waals surface area contributed by atoms with Crippen LogP contribution in [0.5, 0.6) is 0 Å². The van der Waals surface area contributed by atoms with E-state index in [4.69, 9.17) is 0 Å². The van der Waals surface area contributed by atoms with Crippen molar-refractivity contribution >= 4 is 35.8 Å². The summed E-state index contributed by atoms with van der Waals surface area (Å²) in [6, 6.07) is 3.51. The van der Waals surface area contributed by atoms with E-state index in [1.54, 1.807) is 31.6 Å². The van der Waals surface area contributed by atoms with E-state index in [1.807, 2.05) is 0 Å². The van der Waals surface area contributed by atoms with Crippen molar-refractivity contribution in [1.29, 1.82) is 0 Å². The third kappa shape index (κ3) is 6.32. The molecular weight excluding hydrogens is 405 g/mol. The van der Waals surface area contributed by atoms with Crippen molar-refractivity contribution < 1.29 is 4.79 Å². The van der Waals surface area contributed by atoms with Gasteiger partial charge < -0.3 is 15.5 Å². The number of piperidine rings is 1. The Hall–Kier alpha value is -1.38. The van der Waals surface area contributed by atoms with Crippen LogP contribution in [0.4, 0.5) is 0 Å². The van der Waals surface area contributed by atoms with Gasteiger partial charge in [0.15, 0.2) is 5.96 Å². The Labute approximate surface area is 155 Å². The van der Waals surface area contributed by atoms with Gasteiger partial charge in [0.05, 0.1) is 5.56 Å². The summed E-state index contributed by atoms with van der Waals surface area (Å²) in [6.07, 6.45) is 5.63. The number of aliphatic imine (C=N–C) groups is 1. The molecule has 128 valence electrons. The molecule has 1 fully saturated rings. The average Bonchev–Trinajstić information content (AvgIpc) is 2.56. The van der Waals surface area contributed by atoms with Crippen LogP contribution in [0, 0.1) is 5.92 Å². The number of guanidine groups is 1. The second-order valence-corrected chi connectivity index (χ2v) is 5.64. The lowest BCUT2D eigenvalue weighted by atomic mass is 10.00. The summed E-state index contributed by atoms with van der Waals surface area (Å²) in [4.78, 5) is 22.4. The van der Waals surface area contributed by atoms with Crippen LogP contribution in [0.1, 0.15) is 30.1 Å². The number of rotatable bonds is 4. The van der Waals surface area contributed by atoms with Gasteiger partial charge in [0.25, 0.3) is 5.91 Å². The van der Waals surface area contributed by atoms with E-state index in [0.717, 1.165) is 25.0 Å². The van der Waals surface area contributed by atoms with Crippen molar-refractivity contribution in [3.8, 4) is 0 Å². The minimum Gasteiger partial charge on any atom is -0.354 e. The van der Waals surface area contributed by atoms with Crippen molar-refractivity contribution in [2.45, 2.75) is 19.8 Å². The number of aromatic nitrogens is 1. The maximum atomic E-state index is 11.9. The molecule has 0 aliphatic carbocycles. The normalized spacial score (nSPS) is 15.7. The minimum absolute atomic E-state index is 0. The molecule has 0 aromatic carbocycles. The largest absolute Gasteiger partial charge is 0.354 e. The van der Waals surface area contributed by atoms with E-state index in [2.05, 4.69) is 32.4 Å². The zero-order valence-electron chi connectivity index (χ0n) is 13.8. The van der Waals surface area contributed by atoms with Crippen LogP contribution in [-0.2, 0) is 0 Å². The summed E-state index contributed by atoms with van der Waals surface area (Å²) in [6.45, 7) is 5.59. The van der Waals surface area contributed by atoms with E-state index in [9.17, 15) is 4.79 Å². The first-order valence-corrected chi connectivity index (χ1v) is 7.84. The highest BCUT2D eigenvalue weighted by molar-refractivity contribution is 14.0. The number of nitrogens with zero attached hydrogens (tertiary/aromatic N) is 3. The molecule has 2 heterocycles. The topological polar surface area (TPSA) is 69.6 Å². The van der Waals surface area contributed by atoms with Gasteiger partial charge in [0.1, 0.15) is 0 Å². The zero-order valence-corrected chi connectivity index (χ0v) is 16.1. The number of nitrogens with one attached hydrogen (secondary N) is 2. The molecule has 0 spiro atoms. The number of carbonyl (C=O) groups is 1. The minimum atomic E-state index is -0.100. The van der Waals surface area contributed by atoms with Crippen LogP contribution in [0.3, 0.4) is 0 Å². The van der Waals surface area contributed by atoms with Crippen LogP contribution in [0.25, 0.3) is 0 Å². The van der Waals surface area contributed by atoms with Crippen LogP contribution in [-0.4, -0.2) is 55.0 Å². The van der Waals surface area contributed by atoms with Crippen molar-refractivity contribution in [2.75, 3.05) is 33.2 Å². The summed E-state index contributed by atoms with van der Waals surface area (Å²) in [5, 5.41) is 6.18. The lowest BCUT2D eigenvalue weighted by molar-refractivity contribution is 0.0954. The summed E-state index contributed by atoms with van der Waals surface area (Å²) in [5.41, 5.74) is 0.580. The van der Waals surface area contributed by atoms with Crippen molar-refractivity contribution in [2.24, 2.45) is 10.9 Å². The number of hydrogen-bond donors (Lipinski definition) is 2. The van der Waals surface area contributed by atoms with Gasteiger partial charge in [-0.2, -0.15) is 0 Å². The highest BCUT2D eigenvalue weighted by Crippen LogP contribution is 2.15. The molecule has 23 heavy (non-hydrogen) atoms. The molecule has 2 rings (SSSR count). The number of pyridine rings is 1. The molecule has 1 aromatic rings. The highest BCUT2D eigenvalue weighted by atomic mass is 127. The predicted molar refractivity (Wildman–Crippen MR) is 103 cm³/mol. The van der Waals surface area contributed by atoms with Gasteiger partial charge in [-0.15, -0.1) is 24.0 Å². The van der Waals surface area contributed by atoms with Crippen LogP contribution >= 0.6 is 24.0 Å². The second kappa shape index (κ2) is 10.4. The summed E-state index contributed by atoms with van der Waals surface area (Å²) >= 11 is 0. The molecule has 7 heteroatoms. The Bertz CT molecular complexity index is 500. The number of amides is 1. The van der Waals surface area contributed by atoms with Gasteiger partial charge in [-0.1, -0.05) is 6.92 Å². The molecule has 1 aliphatic heterocycles. The maximum absolute atomic E-state index is 11.9. The van der Waals surface area contributed by atoms with Crippen molar-refractivity contribution in [3.63, 3.8) is 0 Å². The fourth-order valence-electron chi connectivity index (χ4n) is 2.50. The number of likely N-dealkylation sites (tertiary alicyclic amines) is 1. The Morgan fingerprint density at radius 3 is 2.65 bits per heavy atom. The van der Waals surface area contributed by atoms with E-state index in [-0.39, 0.29) is 29.9 Å². The Balaban J connectivity index is 0.00000264. The van der Waals surface area contributed by atoms with E-state index in [1.165, 1.54) is 12.8 Å². The molecule has 2 N–H and O–H groups in total. The SMILES string of the molecule is CN=C(NCCNC(=O)c1cccnc1)N1CCC(C)CC1.I. The van der Waals surface area contributed by atoms with E-state index in [0.29, 0.717) is 18.7 Å². The lowest BCUT2D eigenvalue weighted by Crippen LogP contribution is -2.47. The molecule has 1 aliphatic rings. The van der Waals surface area contributed by atoms with Gasteiger partial charge in [-0.25, -0.2) is 0 Å². The fraction of sp³-hybridized carbons (Fsp3) is 0.562. The van der Waals surface area contributed by atoms with Gasteiger partial charge in [0.2, 0.25) is 0 Å². The molecule has 1 saturated heterocycles. The van der Waals surface area contributed by atoms with E-state index < -0.39 is 0 Å². The number of carbonyl (C=O) groups excluding carboxylic acids is 1. The molecule has 6 nitrogen and oxygen atoms in total. The summed E-state index contributed by atoms with van der Waals surface area (Å²) in [7, 11) is 1.80. The van der Waals surface area contributed by atoms with Gasteiger partial charge >= 0.3 is 0 Å². The third-order valence-electron chi connectivity index (χ3n) is 3.91. The average molecular weight is 431 g/mol. The fourth-order valence-corrected chi connectivity index (χ4v) is 2.50. The molecular formula is C16H26IN5O. The first-order chi connectivity index (χ1) is 10.7. The van der Waals surface area contributed by atoms with Gasteiger partial charge in [-0.05, 0) is 30.9 Å². The standard InChI is InChI=1S/C16H25N5O.HI/c1-13-5-10-21(11-6-13)16(17-2)20-9-8-19-15(22)14-4-3-7-18-12-14;/h3-4,7,12-13H,5-6,8-11H2,1-2H3,(H,17,20)(H,19,22);1H. The molecule has 0 radical (unpaired) electrons. The smallest absolute Gasteiger partial charge is 0.252 e. The Morgan fingerprint density at radius 1 is 1.35 bits per heavy atom. The predicted octanol–water partition coefficient (Wildman–Crippen LogP) is 1.74. The number of hydrogen-bond acceptors (Lipinski definition) is 3. The molecule has 0 atom stereocenters. The number of halogens is 1. The summed E-state index contributed by atoms with van der Waals surface area (Å²) in [5.74, 6) is 1.62. The quantitative estimate of drug-likeness (QED) is 0.330. The third-order valence-corrected chi connectivity index (χ3v) is 3.91. The van der Waals surface area contributed by atoms with Gasteiger partial charge in [-0.3, -0.25) is 14.8 Å². The first-order valence-electron chi connectivity index (χ1n) is 7.84. The van der Waals surface area contributed by atoms with Crippen LogP contribution in [0.15, 0.2) is 29.5 Å². The molecule has 1 amide bonds. The van der Waals surface area contributed by atoms with Crippen LogP contribution < -0.4 is 10.6 Å². The molecule has 1 aromatic heterocycles. The molecule has 0 bridgehead atoms. The van der Waals surface area contributed by atoms with E-state index >= 15 is 0 Å².